The summed E-state index contributed by atoms with van der Waals surface area (Å²) in [6, 6.07) is 0.120. The molecule has 0 radical (unpaired) electrons. The van der Waals surface area contributed by atoms with Gasteiger partial charge in [-0.05, 0) is 31.6 Å². The van der Waals surface area contributed by atoms with Crippen LogP contribution in [0.4, 0.5) is 0 Å². The molecule has 0 bridgehead atoms. The third kappa shape index (κ3) is 2.16. The molecule has 0 saturated carbocycles. The highest BCUT2D eigenvalue weighted by molar-refractivity contribution is 5.81. The molecule has 0 amide bonds. The molecule has 0 N–H and O–H groups in total. The summed E-state index contributed by atoms with van der Waals surface area (Å²) >= 11 is 0. The summed E-state index contributed by atoms with van der Waals surface area (Å²) in [4.78, 5) is 13.8. The van der Waals surface area contributed by atoms with E-state index in [0.717, 1.165) is 19.4 Å². The first kappa shape index (κ1) is 12.1. The summed E-state index contributed by atoms with van der Waals surface area (Å²) < 4.78 is 5.78. The van der Waals surface area contributed by atoms with Gasteiger partial charge in [0, 0.05) is 6.54 Å². The first-order valence-corrected chi connectivity index (χ1v) is 6.44. The van der Waals surface area contributed by atoms with E-state index < -0.39 is 0 Å². The molecule has 2 aliphatic heterocycles. The fraction of sp³-hybridized carbons (Fsp3) is 0.923. The second-order valence-corrected chi connectivity index (χ2v) is 5.60. The zero-order valence-electron chi connectivity index (χ0n) is 10.8. The van der Waals surface area contributed by atoms with E-state index in [4.69, 9.17) is 4.74 Å². The molecule has 4 atom stereocenters. The topological polar surface area (TPSA) is 32.8 Å². The summed E-state index contributed by atoms with van der Waals surface area (Å²) in [5.41, 5.74) is 0. The Hall–Kier alpha value is -0.410. The van der Waals surface area contributed by atoms with E-state index in [-0.39, 0.29) is 12.3 Å². The molecular formula is C13H23NO2. The lowest BCUT2D eigenvalue weighted by molar-refractivity contribution is -0.121. The van der Waals surface area contributed by atoms with Gasteiger partial charge in [-0.1, -0.05) is 20.8 Å². The summed E-state index contributed by atoms with van der Waals surface area (Å²) in [6.07, 6.45) is 2.71. The van der Waals surface area contributed by atoms with Crippen LogP contribution in [0.15, 0.2) is 0 Å². The molecule has 2 fully saturated rings. The maximum absolute atomic E-state index is 11.5. The molecule has 2 rings (SSSR count). The van der Waals surface area contributed by atoms with Gasteiger partial charge in [0.1, 0.15) is 18.1 Å². The predicted molar refractivity (Wildman–Crippen MR) is 63.1 cm³/mol. The van der Waals surface area contributed by atoms with Crippen LogP contribution < -0.4 is 0 Å². The van der Waals surface area contributed by atoms with Crippen LogP contribution in [0.25, 0.3) is 0 Å². The van der Waals surface area contributed by atoms with Crippen molar-refractivity contribution in [3.8, 4) is 0 Å². The van der Waals surface area contributed by atoms with Crippen molar-refractivity contribution in [1.82, 2.24) is 4.90 Å². The van der Waals surface area contributed by atoms with Crippen LogP contribution in [-0.4, -0.2) is 35.6 Å². The van der Waals surface area contributed by atoms with Crippen molar-refractivity contribution in [2.75, 3.05) is 6.54 Å². The van der Waals surface area contributed by atoms with Crippen LogP contribution >= 0.6 is 0 Å². The fourth-order valence-electron chi connectivity index (χ4n) is 2.68. The Kier molecular flexibility index (Phi) is 3.36. The summed E-state index contributed by atoms with van der Waals surface area (Å²) in [6.45, 7) is 9.43. The number of carbonyl (C=O) groups is 1. The van der Waals surface area contributed by atoms with Crippen LogP contribution in [0.3, 0.4) is 0 Å². The highest BCUT2D eigenvalue weighted by Gasteiger charge is 2.51. The number of epoxide rings is 1. The van der Waals surface area contributed by atoms with E-state index in [2.05, 4.69) is 25.7 Å². The SMILES string of the molecule is CC(=O)C1CCCN1C1OC1[C@H](C)C(C)C. The average molecular weight is 225 g/mol. The zero-order chi connectivity index (χ0) is 11.9. The maximum atomic E-state index is 11.5. The first-order valence-electron chi connectivity index (χ1n) is 6.44. The Labute approximate surface area is 98.1 Å². The smallest absolute Gasteiger partial charge is 0.146 e. The first-order chi connectivity index (χ1) is 7.52. The van der Waals surface area contributed by atoms with Gasteiger partial charge in [0.15, 0.2) is 0 Å². The normalized spacial score (nSPS) is 36.7. The van der Waals surface area contributed by atoms with Gasteiger partial charge in [0.2, 0.25) is 0 Å². The van der Waals surface area contributed by atoms with E-state index in [1.165, 1.54) is 0 Å². The minimum Gasteiger partial charge on any atom is -0.353 e. The van der Waals surface area contributed by atoms with Gasteiger partial charge in [-0.15, -0.1) is 0 Å². The van der Waals surface area contributed by atoms with Crippen molar-refractivity contribution in [2.24, 2.45) is 11.8 Å². The molecule has 16 heavy (non-hydrogen) atoms. The molecule has 92 valence electrons. The van der Waals surface area contributed by atoms with Gasteiger partial charge >= 0.3 is 0 Å². The fourth-order valence-corrected chi connectivity index (χ4v) is 2.68. The number of ketones is 1. The second kappa shape index (κ2) is 4.46. The van der Waals surface area contributed by atoms with Gasteiger partial charge in [-0.3, -0.25) is 9.69 Å². The number of hydrogen-bond acceptors (Lipinski definition) is 3. The number of Topliss-reactive ketones (excluding diaryl/α,β-unsaturated/α-hetero) is 1. The van der Waals surface area contributed by atoms with Crippen LogP contribution in [0.2, 0.25) is 0 Å². The summed E-state index contributed by atoms with van der Waals surface area (Å²) in [5.74, 6) is 1.52. The van der Waals surface area contributed by atoms with Crippen LogP contribution in [0.1, 0.15) is 40.5 Å². The number of nitrogens with zero attached hydrogens (tertiary/aromatic N) is 1. The Morgan fingerprint density at radius 1 is 1.38 bits per heavy atom. The van der Waals surface area contributed by atoms with E-state index in [1.54, 1.807) is 6.92 Å². The third-order valence-electron chi connectivity index (χ3n) is 4.16. The van der Waals surface area contributed by atoms with Crippen molar-refractivity contribution in [1.29, 1.82) is 0 Å². The lowest BCUT2D eigenvalue weighted by Crippen LogP contribution is -2.38. The number of ether oxygens (including phenoxy) is 1. The van der Waals surface area contributed by atoms with Gasteiger partial charge in [-0.2, -0.15) is 0 Å². The quantitative estimate of drug-likeness (QED) is 0.687. The molecule has 0 aromatic heterocycles. The number of carbonyl (C=O) groups excluding carboxylic acids is 1. The van der Waals surface area contributed by atoms with Gasteiger partial charge in [-0.25, -0.2) is 0 Å². The molecular weight excluding hydrogens is 202 g/mol. The minimum absolute atomic E-state index is 0.120. The lowest BCUT2D eigenvalue weighted by Gasteiger charge is -2.21. The van der Waals surface area contributed by atoms with E-state index in [9.17, 15) is 4.79 Å². The predicted octanol–water partition coefficient (Wildman–Crippen LogP) is 2.06. The number of hydrogen-bond donors (Lipinski definition) is 0. The average Bonchev–Trinajstić information content (AvgIpc) is 2.85. The maximum Gasteiger partial charge on any atom is 0.146 e. The highest BCUT2D eigenvalue weighted by Crippen LogP contribution is 2.39. The molecule has 2 saturated heterocycles. The Bertz CT molecular complexity index is 277. The van der Waals surface area contributed by atoms with Crippen molar-refractivity contribution >= 4 is 5.78 Å². The van der Waals surface area contributed by atoms with Gasteiger partial charge in [0.05, 0.1) is 6.04 Å². The van der Waals surface area contributed by atoms with Crippen molar-refractivity contribution < 1.29 is 9.53 Å². The molecule has 0 spiro atoms. The molecule has 3 heteroatoms. The van der Waals surface area contributed by atoms with Crippen molar-refractivity contribution in [2.45, 2.75) is 58.9 Å². The summed E-state index contributed by atoms with van der Waals surface area (Å²) in [7, 11) is 0. The largest absolute Gasteiger partial charge is 0.353 e. The highest BCUT2D eigenvalue weighted by atomic mass is 16.6. The summed E-state index contributed by atoms with van der Waals surface area (Å²) in [5, 5.41) is 0. The van der Waals surface area contributed by atoms with Gasteiger partial charge in [0.25, 0.3) is 0 Å². The monoisotopic (exact) mass is 225 g/mol. The molecule has 3 nitrogen and oxygen atoms in total. The van der Waals surface area contributed by atoms with Crippen molar-refractivity contribution in [3.05, 3.63) is 0 Å². The molecule has 2 aliphatic rings. The number of rotatable bonds is 4. The van der Waals surface area contributed by atoms with Crippen LogP contribution in [-0.2, 0) is 9.53 Å². The van der Waals surface area contributed by atoms with E-state index in [1.807, 2.05) is 0 Å². The molecule has 0 aromatic carbocycles. The van der Waals surface area contributed by atoms with Crippen LogP contribution in [0.5, 0.6) is 0 Å². The lowest BCUT2D eigenvalue weighted by atomic mass is 9.94. The standard InChI is InChI=1S/C13H23NO2/c1-8(2)9(3)12-13(16-12)14-7-5-6-11(14)10(4)15/h8-9,11-13H,5-7H2,1-4H3/t9-,11?,12?,13?/m1/s1. The third-order valence-corrected chi connectivity index (χ3v) is 4.16. The Morgan fingerprint density at radius 3 is 2.62 bits per heavy atom. The van der Waals surface area contributed by atoms with Crippen LogP contribution in [0, 0.1) is 11.8 Å². The second-order valence-electron chi connectivity index (χ2n) is 5.60. The van der Waals surface area contributed by atoms with E-state index >= 15 is 0 Å². The van der Waals surface area contributed by atoms with E-state index in [0.29, 0.717) is 23.7 Å². The van der Waals surface area contributed by atoms with Crippen molar-refractivity contribution in [3.63, 3.8) is 0 Å². The molecule has 3 unspecified atom stereocenters. The minimum atomic E-state index is 0.120. The van der Waals surface area contributed by atoms with Gasteiger partial charge < -0.3 is 4.74 Å². The molecule has 0 aliphatic carbocycles. The Morgan fingerprint density at radius 2 is 2.06 bits per heavy atom. The molecule has 0 aromatic rings. The number of likely N-dealkylation sites (tertiary alicyclic amines) is 1. The Balaban J connectivity index is 1.93. The molecule has 2 heterocycles. The zero-order valence-corrected chi connectivity index (χ0v) is 10.8.